The summed E-state index contributed by atoms with van der Waals surface area (Å²) in [6.45, 7) is 8.74. The SMILES string of the molecule is COc1ccc(-n2sc3c(c2=S)-c2cc(C)c(C)cc2NC3(C)C)cc1. The zero-order valence-electron chi connectivity index (χ0n) is 15.6. The van der Waals surface area contributed by atoms with E-state index in [1.54, 1.807) is 18.6 Å². The van der Waals surface area contributed by atoms with Crippen molar-refractivity contribution in [3.63, 3.8) is 0 Å². The molecule has 1 aromatic heterocycles. The van der Waals surface area contributed by atoms with Crippen LogP contribution in [-0.4, -0.2) is 11.1 Å². The molecule has 134 valence electrons. The molecule has 4 rings (SSSR count). The number of benzene rings is 2. The Labute approximate surface area is 163 Å². The van der Waals surface area contributed by atoms with Crippen molar-refractivity contribution in [1.29, 1.82) is 0 Å². The second-order valence-electron chi connectivity index (χ2n) is 7.33. The van der Waals surface area contributed by atoms with Crippen molar-refractivity contribution < 1.29 is 4.74 Å². The number of nitrogens with zero attached hydrogens (tertiary/aromatic N) is 1. The maximum absolute atomic E-state index is 5.92. The van der Waals surface area contributed by atoms with Gasteiger partial charge in [0.15, 0.2) is 0 Å². The summed E-state index contributed by atoms with van der Waals surface area (Å²) >= 11 is 7.64. The molecule has 0 bridgehead atoms. The number of fused-ring (bicyclic) bond motifs is 3. The van der Waals surface area contributed by atoms with Crippen molar-refractivity contribution in [1.82, 2.24) is 3.96 Å². The Bertz CT molecular complexity index is 1060. The number of aryl methyl sites for hydroxylation is 2. The van der Waals surface area contributed by atoms with Crippen LogP contribution in [0.25, 0.3) is 16.8 Å². The predicted octanol–water partition coefficient (Wildman–Crippen LogP) is 6.22. The van der Waals surface area contributed by atoms with Crippen LogP contribution < -0.4 is 10.1 Å². The van der Waals surface area contributed by atoms with Gasteiger partial charge in [-0.05, 0) is 75.2 Å². The van der Waals surface area contributed by atoms with Crippen LogP contribution in [0.2, 0.25) is 0 Å². The van der Waals surface area contributed by atoms with E-state index >= 15 is 0 Å². The topological polar surface area (TPSA) is 26.2 Å². The van der Waals surface area contributed by atoms with Gasteiger partial charge >= 0.3 is 0 Å². The normalized spacial score (nSPS) is 14.3. The third-order valence-corrected chi connectivity index (χ3v) is 7.01. The Kier molecular flexibility index (Phi) is 3.97. The summed E-state index contributed by atoms with van der Waals surface area (Å²) in [6.07, 6.45) is 0. The lowest BCUT2D eigenvalue weighted by atomic mass is 9.88. The quantitative estimate of drug-likeness (QED) is 0.533. The molecule has 0 spiro atoms. The Morgan fingerprint density at radius 3 is 2.38 bits per heavy atom. The van der Waals surface area contributed by atoms with Gasteiger partial charge in [-0.3, -0.25) is 3.96 Å². The number of aromatic nitrogens is 1. The van der Waals surface area contributed by atoms with Gasteiger partial charge in [0.25, 0.3) is 0 Å². The lowest BCUT2D eigenvalue weighted by Crippen LogP contribution is -2.30. The molecule has 1 N–H and O–H groups in total. The highest BCUT2D eigenvalue weighted by Crippen LogP contribution is 2.48. The molecule has 0 radical (unpaired) electrons. The van der Waals surface area contributed by atoms with Crippen LogP contribution in [0.1, 0.15) is 29.9 Å². The van der Waals surface area contributed by atoms with Gasteiger partial charge in [0.2, 0.25) is 0 Å². The molecule has 3 nitrogen and oxygen atoms in total. The minimum absolute atomic E-state index is 0.167. The van der Waals surface area contributed by atoms with Crippen molar-refractivity contribution in [3.8, 4) is 22.6 Å². The summed E-state index contributed by atoms with van der Waals surface area (Å²) in [6, 6.07) is 12.5. The zero-order chi connectivity index (χ0) is 18.6. The molecule has 0 amide bonds. The van der Waals surface area contributed by atoms with Crippen molar-refractivity contribution in [3.05, 3.63) is 57.0 Å². The van der Waals surface area contributed by atoms with Crippen molar-refractivity contribution >= 4 is 29.4 Å². The van der Waals surface area contributed by atoms with Crippen LogP contribution in [0.4, 0.5) is 5.69 Å². The van der Waals surface area contributed by atoms with E-state index in [-0.39, 0.29) is 5.54 Å². The van der Waals surface area contributed by atoms with Gasteiger partial charge in [-0.15, -0.1) is 0 Å². The predicted molar refractivity (Wildman–Crippen MR) is 113 cm³/mol. The molecule has 2 heterocycles. The lowest BCUT2D eigenvalue weighted by molar-refractivity contribution is 0.415. The summed E-state index contributed by atoms with van der Waals surface area (Å²) in [5, 5.41) is 3.70. The maximum atomic E-state index is 5.92. The number of nitrogens with one attached hydrogen (secondary N) is 1. The fourth-order valence-corrected chi connectivity index (χ4v) is 5.10. The smallest absolute Gasteiger partial charge is 0.129 e. The largest absolute Gasteiger partial charge is 0.497 e. The first-order valence-electron chi connectivity index (χ1n) is 8.63. The van der Waals surface area contributed by atoms with E-state index in [1.165, 1.54) is 27.1 Å². The van der Waals surface area contributed by atoms with Gasteiger partial charge < -0.3 is 10.1 Å². The molecule has 0 aliphatic carbocycles. The minimum Gasteiger partial charge on any atom is -0.497 e. The highest BCUT2D eigenvalue weighted by Gasteiger charge is 2.34. The molecule has 0 unspecified atom stereocenters. The molecule has 0 saturated heterocycles. The Morgan fingerprint density at radius 2 is 1.73 bits per heavy atom. The second-order valence-corrected chi connectivity index (χ2v) is 8.67. The number of rotatable bonds is 2. The van der Waals surface area contributed by atoms with Crippen molar-refractivity contribution in [2.24, 2.45) is 0 Å². The van der Waals surface area contributed by atoms with Gasteiger partial charge in [-0.25, -0.2) is 0 Å². The summed E-state index contributed by atoms with van der Waals surface area (Å²) in [4.78, 5) is 1.27. The maximum Gasteiger partial charge on any atom is 0.129 e. The van der Waals surface area contributed by atoms with E-state index in [4.69, 9.17) is 17.0 Å². The molecule has 0 fully saturated rings. The van der Waals surface area contributed by atoms with Crippen LogP contribution in [0.15, 0.2) is 36.4 Å². The summed E-state index contributed by atoms with van der Waals surface area (Å²) in [7, 11) is 1.68. The summed E-state index contributed by atoms with van der Waals surface area (Å²) in [5.41, 5.74) is 7.03. The van der Waals surface area contributed by atoms with E-state index in [2.05, 4.69) is 61.2 Å². The Morgan fingerprint density at radius 1 is 1.08 bits per heavy atom. The number of methoxy groups -OCH3 is 1. The van der Waals surface area contributed by atoms with Crippen LogP contribution in [0.3, 0.4) is 0 Å². The first kappa shape index (κ1) is 17.3. The van der Waals surface area contributed by atoms with Crippen molar-refractivity contribution in [2.45, 2.75) is 33.2 Å². The summed E-state index contributed by atoms with van der Waals surface area (Å²) in [5.74, 6) is 0.847. The second kappa shape index (κ2) is 5.96. The van der Waals surface area contributed by atoms with Crippen LogP contribution in [0.5, 0.6) is 5.75 Å². The number of hydrogen-bond donors (Lipinski definition) is 1. The third-order valence-electron chi connectivity index (χ3n) is 5.03. The Hall–Kier alpha value is -2.11. The molecule has 2 aromatic carbocycles. The average Bonchev–Trinajstić information content (AvgIpc) is 2.96. The molecule has 1 aliphatic rings. The highest BCUT2D eigenvalue weighted by atomic mass is 32.1. The first-order chi connectivity index (χ1) is 12.3. The fourth-order valence-electron chi connectivity index (χ4n) is 3.45. The molecule has 5 heteroatoms. The molecule has 0 atom stereocenters. The van der Waals surface area contributed by atoms with Gasteiger partial charge in [-0.1, -0.05) is 23.8 Å². The fraction of sp³-hybridized carbons (Fsp3) is 0.286. The minimum atomic E-state index is -0.167. The van der Waals surface area contributed by atoms with Crippen LogP contribution in [0, 0.1) is 18.5 Å². The van der Waals surface area contributed by atoms with E-state index in [1.807, 2.05) is 12.1 Å². The molecular weight excluding hydrogens is 360 g/mol. The standard InChI is InChI=1S/C21H22N2OS2/c1-12-10-16-17(11-13(12)2)22-21(3,4)19-18(16)20(25)23(26-19)14-6-8-15(24-5)9-7-14/h6-11,22H,1-5H3. The molecule has 26 heavy (non-hydrogen) atoms. The van der Waals surface area contributed by atoms with E-state index in [0.29, 0.717) is 0 Å². The third kappa shape index (κ3) is 2.58. The number of anilines is 1. The molecule has 3 aromatic rings. The van der Waals surface area contributed by atoms with Gasteiger partial charge in [0.05, 0.1) is 23.2 Å². The number of hydrogen-bond acceptors (Lipinski definition) is 4. The Balaban J connectivity index is 1.97. The van der Waals surface area contributed by atoms with Gasteiger partial charge in [0.1, 0.15) is 10.4 Å². The van der Waals surface area contributed by atoms with Crippen molar-refractivity contribution in [2.75, 3.05) is 12.4 Å². The highest BCUT2D eigenvalue weighted by molar-refractivity contribution is 7.71. The zero-order valence-corrected chi connectivity index (χ0v) is 17.3. The average molecular weight is 383 g/mol. The van der Waals surface area contributed by atoms with E-state index in [9.17, 15) is 0 Å². The summed E-state index contributed by atoms with van der Waals surface area (Å²) < 4.78 is 8.29. The van der Waals surface area contributed by atoms with E-state index < -0.39 is 0 Å². The molecule has 0 saturated carbocycles. The molecule has 1 aliphatic heterocycles. The lowest BCUT2D eigenvalue weighted by Gasteiger charge is -2.33. The van der Waals surface area contributed by atoms with Crippen LogP contribution >= 0.6 is 23.8 Å². The van der Waals surface area contributed by atoms with E-state index in [0.717, 1.165) is 21.8 Å². The van der Waals surface area contributed by atoms with Crippen LogP contribution in [-0.2, 0) is 5.54 Å². The number of ether oxygens (including phenoxy) is 1. The monoisotopic (exact) mass is 382 g/mol. The molecular formula is C21H22N2OS2. The van der Waals surface area contributed by atoms with Gasteiger partial charge in [-0.2, -0.15) is 0 Å². The van der Waals surface area contributed by atoms with Gasteiger partial charge in [0, 0.05) is 16.8 Å². The first-order valence-corrected chi connectivity index (χ1v) is 9.81.